The number of rotatable bonds is 3. The molecule has 1 saturated heterocycles. The molecule has 2 N–H and O–H groups in total. The fraction of sp³-hybridized carbons (Fsp3) is 0. The Hall–Kier alpha value is -2.96. The lowest BCUT2D eigenvalue weighted by Gasteiger charge is -1.99. The lowest BCUT2D eigenvalue weighted by molar-refractivity contribution is -0.115. The topological polar surface area (TPSA) is 74.8 Å². The summed E-state index contributed by atoms with van der Waals surface area (Å²) in [6.45, 7) is 0. The number of hydrogen-bond donors (Lipinski definition) is 2. The number of carbonyl (C=O) groups is 1. The summed E-state index contributed by atoms with van der Waals surface area (Å²) < 4.78 is 5.81. The van der Waals surface area contributed by atoms with E-state index in [1.54, 1.807) is 30.3 Å². The first-order valence-electron chi connectivity index (χ1n) is 8.02. The van der Waals surface area contributed by atoms with Gasteiger partial charge in [0.05, 0.1) is 15.6 Å². The monoisotopic (exact) mass is 396 g/mol. The molecule has 7 heteroatoms. The van der Waals surface area contributed by atoms with Crippen molar-refractivity contribution in [2.45, 2.75) is 0 Å². The molecule has 1 fully saturated rings. The van der Waals surface area contributed by atoms with Gasteiger partial charge < -0.3 is 14.8 Å². The minimum Gasteiger partial charge on any atom is -0.508 e. The molecule has 2 heterocycles. The summed E-state index contributed by atoms with van der Waals surface area (Å²) in [5.41, 5.74) is 1.43. The van der Waals surface area contributed by atoms with Gasteiger partial charge >= 0.3 is 0 Å². The summed E-state index contributed by atoms with van der Waals surface area (Å²) in [6, 6.07) is 17.4. The highest BCUT2D eigenvalue weighted by Crippen LogP contribution is 2.32. The van der Waals surface area contributed by atoms with Gasteiger partial charge in [-0.25, -0.2) is 4.99 Å². The minimum absolute atomic E-state index is 0.162. The Morgan fingerprint density at radius 3 is 2.63 bits per heavy atom. The summed E-state index contributed by atoms with van der Waals surface area (Å²) in [4.78, 5) is 17.0. The Balaban J connectivity index is 1.55. The zero-order valence-electron chi connectivity index (χ0n) is 13.8. The van der Waals surface area contributed by atoms with Crippen LogP contribution >= 0.6 is 23.4 Å². The molecule has 0 spiro atoms. The molecule has 0 aliphatic carbocycles. The highest BCUT2D eigenvalue weighted by Gasteiger charge is 2.24. The third-order valence-corrected chi connectivity index (χ3v) is 5.01. The molecule has 4 rings (SSSR count). The first-order chi connectivity index (χ1) is 13.1. The van der Waals surface area contributed by atoms with E-state index in [-0.39, 0.29) is 11.7 Å². The molecule has 0 unspecified atom stereocenters. The number of phenolic OH excluding ortho intramolecular Hbond substituents is 1. The highest BCUT2D eigenvalue weighted by molar-refractivity contribution is 8.18. The van der Waals surface area contributed by atoms with Crippen LogP contribution in [0.1, 0.15) is 5.76 Å². The van der Waals surface area contributed by atoms with E-state index in [1.165, 1.54) is 23.9 Å². The van der Waals surface area contributed by atoms with Gasteiger partial charge in [-0.3, -0.25) is 4.79 Å². The van der Waals surface area contributed by atoms with Crippen molar-refractivity contribution >= 4 is 46.2 Å². The molecule has 134 valence electrons. The number of phenols is 1. The van der Waals surface area contributed by atoms with E-state index in [4.69, 9.17) is 16.0 Å². The molecule has 1 amide bonds. The van der Waals surface area contributed by atoms with Crippen molar-refractivity contribution in [3.05, 3.63) is 76.4 Å². The van der Waals surface area contributed by atoms with Gasteiger partial charge in [-0.2, -0.15) is 0 Å². The highest BCUT2D eigenvalue weighted by atomic mass is 35.5. The van der Waals surface area contributed by atoms with Crippen molar-refractivity contribution in [3.63, 3.8) is 0 Å². The minimum atomic E-state index is -0.242. The Labute approximate surface area is 164 Å². The van der Waals surface area contributed by atoms with Crippen molar-refractivity contribution in [2.24, 2.45) is 4.99 Å². The first-order valence-corrected chi connectivity index (χ1v) is 9.21. The van der Waals surface area contributed by atoms with E-state index in [0.29, 0.717) is 32.3 Å². The largest absolute Gasteiger partial charge is 0.508 e. The zero-order valence-corrected chi connectivity index (χ0v) is 15.4. The third-order valence-electron chi connectivity index (χ3n) is 3.77. The Morgan fingerprint density at radius 1 is 1.07 bits per heavy atom. The number of thioether (sulfide) groups is 1. The fourth-order valence-electron chi connectivity index (χ4n) is 2.49. The molecule has 0 saturated carbocycles. The first kappa shape index (κ1) is 17.5. The maximum Gasteiger partial charge on any atom is 0.264 e. The lowest BCUT2D eigenvalue weighted by Crippen LogP contribution is -2.19. The molecule has 3 aromatic rings. The number of furan rings is 1. The predicted octanol–water partition coefficient (Wildman–Crippen LogP) is 5.20. The smallest absolute Gasteiger partial charge is 0.264 e. The SMILES string of the molecule is O=C1NC(=Nc2ccc(O)cc2)SC1=Cc1ccc(-c2ccccc2Cl)o1. The van der Waals surface area contributed by atoms with Crippen LogP contribution < -0.4 is 5.32 Å². The molecule has 1 aliphatic heterocycles. The molecule has 2 aromatic carbocycles. The number of nitrogens with zero attached hydrogens (tertiary/aromatic N) is 1. The number of amidine groups is 1. The Morgan fingerprint density at radius 2 is 1.85 bits per heavy atom. The van der Waals surface area contributed by atoms with Crippen LogP contribution in [0, 0.1) is 0 Å². The number of aliphatic imine (C=N–C) groups is 1. The standard InChI is InChI=1S/C20H13ClN2O3S/c21-16-4-2-1-3-15(16)17-10-9-14(26-17)11-18-19(25)23-20(27-18)22-12-5-7-13(24)8-6-12/h1-11,24H,(H,22,23,25). The Kier molecular flexibility index (Phi) is 4.75. The summed E-state index contributed by atoms with van der Waals surface area (Å²) in [5.74, 6) is 1.10. The van der Waals surface area contributed by atoms with Gasteiger partial charge in [-0.1, -0.05) is 23.7 Å². The number of nitrogens with one attached hydrogen (secondary N) is 1. The Bertz CT molecular complexity index is 1070. The summed E-state index contributed by atoms with van der Waals surface area (Å²) >= 11 is 7.42. The molecular weight excluding hydrogens is 384 g/mol. The third kappa shape index (κ3) is 3.92. The number of hydrogen-bond acceptors (Lipinski definition) is 5. The fourth-order valence-corrected chi connectivity index (χ4v) is 3.54. The van der Waals surface area contributed by atoms with Gasteiger partial charge in [0.25, 0.3) is 5.91 Å². The van der Waals surface area contributed by atoms with Gasteiger partial charge in [0.2, 0.25) is 0 Å². The molecule has 0 atom stereocenters. The lowest BCUT2D eigenvalue weighted by atomic mass is 10.2. The van der Waals surface area contributed by atoms with Crippen molar-refractivity contribution in [1.82, 2.24) is 5.32 Å². The van der Waals surface area contributed by atoms with E-state index in [1.807, 2.05) is 24.3 Å². The van der Waals surface area contributed by atoms with Gasteiger partial charge in [0.15, 0.2) is 5.17 Å². The van der Waals surface area contributed by atoms with Crippen LogP contribution in [0.5, 0.6) is 5.75 Å². The van der Waals surface area contributed by atoms with E-state index in [2.05, 4.69) is 10.3 Å². The zero-order chi connectivity index (χ0) is 18.8. The van der Waals surface area contributed by atoms with Gasteiger partial charge in [-0.15, -0.1) is 0 Å². The van der Waals surface area contributed by atoms with E-state index in [9.17, 15) is 9.90 Å². The molecule has 5 nitrogen and oxygen atoms in total. The van der Waals surface area contributed by atoms with Crippen LogP contribution in [-0.2, 0) is 4.79 Å². The van der Waals surface area contributed by atoms with E-state index >= 15 is 0 Å². The van der Waals surface area contributed by atoms with Crippen molar-refractivity contribution < 1.29 is 14.3 Å². The van der Waals surface area contributed by atoms with Crippen LogP contribution in [0.15, 0.2) is 75.0 Å². The number of aromatic hydroxyl groups is 1. The van der Waals surface area contributed by atoms with Crippen LogP contribution in [0.4, 0.5) is 5.69 Å². The number of amides is 1. The normalized spacial score (nSPS) is 16.9. The second-order valence-electron chi connectivity index (χ2n) is 5.68. The van der Waals surface area contributed by atoms with Crippen molar-refractivity contribution in [2.75, 3.05) is 0 Å². The average molecular weight is 397 g/mol. The second-order valence-corrected chi connectivity index (χ2v) is 7.12. The average Bonchev–Trinajstić information content (AvgIpc) is 3.25. The molecule has 1 aliphatic rings. The van der Waals surface area contributed by atoms with Crippen LogP contribution in [0.2, 0.25) is 5.02 Å². The second kappa shape index (κ2) is 7.34. The number of carbonyl (C=O) groups excluding carboxylic acids is 1. The van der Waals surface area contributed by atoms with Crippen molar-refractivity contribution in [3.8, 4) is 17.1 Å². The van der Waals surface area contributed by atoms with Gasteiger partial charge in [0.1, 0.15) is 17.3 Å². The van der Waals surface area contributed by atoms with E-state index < -0.39 is 0 Å². The van der Waals surface area contributed by atoms with Crippen LogP contribution in [0.25, 0.3) is 17.4 Å². The number of benzene rings is 2. The predicted molar refractivity (Wildman–Crippen MR) is 108 cm³/mol. The molecule has 0 bridgehead atoms. The van der Waals surface area contributed by atoms with Gasteiger partial charge in [-0.05, 0) is 60.3 Å². The maximum absolute atomic E-state index is 12.2. The maximum atomic E-state index is 12.2. The van der Waals surface area contributed by atoms with Crippen molar-refractivity contribution in [1.29, 1.82) is 0 Å². The van der Waals surface area contributed by atoms with Crippen LogP contribution in [-0.4, -0.2) is 16.2 Å². The van der Waals surface area contributed by atoms with Crippen LogP contribution in [0.3, 0.4) is 0 Å². The van der Waals surface area contributed by atoms with Gasteiger partial charge in [0, 0.05) is 11.6 Å². The molecule has 27 heavy (non-hydrogen) atoms. The summed E-state index contributed by atoms with van der Waals surface area (Å²) in [6.07, 6.45) is 1.67. The molecule has 1 aromatic heterocycles. The summed E-state index contributed by atoms with van der Waals surface area (Å²) in [5, 5.41) is 13.1. The molecular formula is C20H13ClN2O3S. The number of halogens is 1. The quantitative estimate of drug-likeness (QED) is 0.597. The summed E-state index contributed by atoms with van der Waals surface area (Å²) in [7, 11) is 0. The van der Waals surface area contributed by atoms with E-state index in [0.717, 1.165) is 5.56 Å². The molecule has 0 radical (unpaired) electrons.